The van der Waals surface area contributed by atoms with Crippen molar-refractivity contribution in [2.24, 2.45) is 0 Å². The lowest BCUT2D eigenvalue weighted by atomic mass is 10.1. The van der Waals surface area contributed by atoms with E-state index in [-0.39, 0.29) is 0 Å². The van der Waals surface area contributed by atoms with Crippen LogP contribution in [0.15, 0.2) is 72.8 Å². The maximum atomic E-state index is 4.93. The Morgan fingerprint density at radius 3 is 2.27 bits per heavy atom. The second-order valence-corrected chi connectivity index (χ2v) is 6.38. The summed E-state index contributed by atoms with van der Waals surface area (Å²) >= 11 is 0. The summed E-state index contributed by atoms with van der Waals surface area (Å²) in [6.45, 7) is 2.07. The lowest BCUT2D eigenvalue weighted by Crippen LogP contribution is -1.97. The van der Waals surface area contributed by atoms with E-state index in [1.165, 1.54) is 5.56 Å². The van der Waals surface area contributed by atoms with E-state index in [2.05, 4.69) is 36.2 Å². The maximum absolute atomic E-state index is 4.93. The Morgan fingerprint density at radius 2 is 1.42 bits per heavy atom. The predicted molar refractivity (Wildman–Crippen MR) is 105 cm³/mol. The van der Waals surface area contributed by atoms with Gasteiger partial charge in [0, 0.05) is 5.56 Å². The third kappa shape index (κ3) is 2.43. The lowest BCUT2D eigenvalue weighted by Gasteiger charge is -2.09. The van der Waals surface area contributed by atoms with Gasteiger partial charge in [-0.15, -0.1) is 0 Å². The molecular formula is C22H16N4. The second kappa shape index (κ2) is 5.77. The molecule has 0 aliphatic carbocycles. The Bertz CT molecular complexity index is 1210. The van der Waals surface area contributed by atoms with Crippen molar-refractivity contribution in [3.05, 3.63) is 78.4 Å². The largest absolute Gasteiger partial charge is 0.337 e. The summed E-state index contributed by atoms with van der Waals surface area (Å²) in [6.07, 6.45) is 0. The van der Waals surface area contributed by atoms with Gasteiger partial charge in [0.05, 0.1) is 22.1 Å². The Kier molecular flexibility index (Phi) is 3.28. The smallest absolute Gasteiger partial charge is 0.159 e. The molecule has 4 nitrogen and oxygen atoms in total. The molecule has 4 heteroatoms. The standard InChI is InChI=1S/C22H16N4/c1-14-11-12-18-19(13-14)24-20(15-7-3-2-4-8-15)21(23-18)22-25-16-9-5-6-10-17(16)26-22/h2-13H,1H3,(H,25,26). The van der Waals surface area contributed by atoms with Crippen LogP contribution >= 0.6 is 0 Å². The number of nitrogens with one attached hydrogen (secondary N) is 1. The number of H-pyrrole nitrogens is 1. The summed E-state index contributed by atoms with van der Waals surface area (Å²) in [4.78, 5) is 18.0. The summed E-state index contributed by atoms with van der Waals surface area (Å²) in [5, 5.41) is 0. The van der Waals surface area contributed by atoms with Crippen molar-refractivity contribution in [1.29, 1.82) is 0 Å². The van der Waals surface area contributed by atoms with Crippen LogP contribution in [0.5, 0.6) is 0 Å². The zero-order chi connectivity index (χ0) is 17.5. The highest BCUT2D eigenvalue weighted by atomic mass is 15.0. The first-order valence-electron chi connectivity index (χ1n) is 8.57. The van der Waals surface area contributed by atoms with Gasteiger partial charge in [0.2, 0.25) is 0 Å². The molecule has 0 radical (unpaired) electrons. The van der Waals surface area contributed by atoms with Crippen molar-refractivity contribution in [2.45, 2.75) is 6.92 Å². The van der Waals surface area contributed by atoms with E-state index in [0.29, 0.717) is 0 Å². The molecule has 5 aromatic rings. The summed E-state index contributed by atoms with van der Waals surface area (Å²) in [5.41, 5.74) is 7.47. The second-order valence-electron chi connectivity index (χ2n) is 6.38. The molecule has 0 bridgehead atoms. The summed E-state index contributed by atoms with van der Waals surface area (Å²) in [5.74, 6) is 0.736. The number of imidazole rings is 1. The van der Waals surface area contributed by atoms with Gasteiger partial charge in [0.25, 0.3) is 0 Å². The summed E-state index contributed by atoms with van der Waals surface area (Å²) in [7, 11) is 0. The van der Waals surface area contributed by atoms with Crippen LogP contribution in [0.4, 0.5) is 0 Å². The number of benzene rings is 3. The molecule has 0 saturated carbocycles. The van der Waals surface area contributed by atoms with Gasteiger partial charge >= 0.3 is 0 Å². The minimum atomic E-state index is 0.736. The van der Waals surface area contributed by atoms with Crippen molar-refractivity contribution in [2.75, 3.05) is 0 Å². The van der Waals surface area contributed by atoms with Crippen molar-refractivity contribution in [3.63, 3.8) is 0 Å². The Labute approximate surface area is 150 Å². The molecular weight excluding hydrogens is 320 g/mol. The van der Waals surface area contributed by atoms with Crippen molar-refractivity contribution >= 4 is 22.1 Å². The normalized spacial score (nSPS) is 11.3. The van der Waals surface area contributed by atoms with Crippen LogP contribution in [-0.2, 0) is 0 Å². The number of nitrogens with zero attached hydrogens (tertiary/aromatic N) is 3. The number of aromatic nitrogens is 4. The number of aromatic amines is 1. The predicted octanol–water partition coefficient (Wildman–Crippen LogP) is 5.15. The average Bonchev–Trinajstić information content (AvgIpc) is 3.11. The first-order chi connectivity index (χ1) is 12.8. The highest BCUT2D eigenvalue weighted by molar-refractivity contribution is 5.87. The highest BCUT2D eigenvalue weighted by Crippen LogP contribution is 2.30. The van der Waals surface area contributed by atoms with Gasteiger partial charge in [-0.25, -0.2) is 15.0 Å². The molecule has 2 aromatic heterocycles. The highest BCUT2D eigenvalue weighted by Gasteiger charge is 2.16. The minimum absolute atomic E-state index is 0.736. The van der Waals surface area contributed by atoms with E-state index >= 15 is 0 Å². The topological polar surface area (TPSA) is 54.5 Å². The molecule has 0 fully saturated rings. The van der Waals surface area contributed by atoms with Gasteiger partial charge in [-0.1, -0.05) is 48.5 Å². The van der Waals surface area contributed by atoms with Gasteiger partial charge in [-0.3, -0.25) is 0 Å². The van der Waals surface area contributed by atoms with Crippen LogP contribution in [-0.4, -0.2) is 19.9 Å². The van der Waals surface area contributed by atoms with E-state index in [4.69, 9.17) is 15.0 Å². The molecule has 0 aliphatic heterocycles. The van der Waals surface area contributed by atoms with E-state index in [1.54, 1.807) is 0 Å². The van der Waals surface area contributed by atoms with Crippen LogP contribution < -0.4 is 0 Å². The molecule has 0 spiro atoms. The molecule has 1 N–H and O–H groups in total. The van der Waals surface area contributed by atoms with Gasteiger partial charge in [0.15, 0.2) is 5.82 Å². The Morgan fingerprint density at radius 1 is 0.654 bits per heavy atom. The fraction of sp³-hybridized carbons (Fsp3) is 0.0455. The van der Waals surface area contributed by atoms with Crippen molar-refractivity contribution in [1.82, 2.24) is 19.9 Å². The summed E-state index contributed by atoms with van der Waals surface area (Å²) in [6, 6.07) is 24.3. The molecule has 3 aromatic carbocycles. The number of rotatable bonds is 2. The molecule has 0 atom stereocenters. The van der Waals surface area contributed by atoms with E-state index in [1.807, 2.05) is 48.5 Å². The van der Waals surface area contributed by atoms with Gasteiger partial charge in [0.1, 0.15) is 11.4 Å². The average molecular weight is 336 g/mol. The number of fused-ring (bicyclic) bond motifs is 2. The number of para-hydroxylation sites is 2. The molecule has 26 heavy (non-hydrogen) atoms. The van der Waals surface area contributed by atoms with Crippen LogP contribution in [0.25, 0.3) is 44.8 Å². The van der Waals surface area contributed by atoms with Crippen LogP contribution in [0.2, 0.25) is 0 Å². The van der Waals surface area contributed by atoms with E-state index in [9.17, 15) is 0 Å². The van der Waals surface area contributed by atoms with E-state index in [0.717, 1.165) is 44.8 Å². The molecule has 0 aliphatic rings. The molecule has 0 amide bonds. The van der Waals surface area contributed by atoms with Gasteiger partial charge in [-0.05, 0) is 36.8 Å². The van der Waals surface area contributed by atoms with Gasteiger partial charge in [-0.2, -0.15) is 0 Å². The summed E-state index contributed by atoms with van der Waals surface area (Å²) < 4.78 is 0. The molecule has 124 valence electrons. The Balaban J connectivity index is 1.83. The van der Waals surface area contributed by atoms with Crippen molar-refractivity contribution < 1.29 is 0 Å². The third-order valence-electron chi connectivity index (χ3n) is 4.48. The van der Waals surface area contributed by atoms with Crippen LogP contribution in [0.1, 0.15) is 5.56 Å². The SMILES string of the molecule is Cc1ccc2nc(-c3nc4ccccc4[nH]3)c(-c3ccccc3)nc2c1. The molecule has 0 unspecified atom stereocenters. The zero-order valence-corrected chi connectivity index (χ0v) is 14.3. The van der Waals surface area contributed by atoms with E-state index < -0.39 is 0 Å². The van der Waals surface area contributed by atoms with Crippen LogP contribution in [0.3, 0.4) is 0 Å². The maximum Gasteiger partial charge on any atom is 0.159 e. The fourth-order valence-electron chi connectivity index (χ4n) is 3.19. The molecule has 0 saturated heterocycles. The van der Waals surface area contributed by atoms with Gasteiger partial charge < -0.3 is 4.98 Å². The third-order valence-corrected chi connectivity index (χ3v) is 4.48. The molecule has 2 heterocycles. The zero-order valence-electron chi connectivity index (χ0n) is 14.3. The minimum Gasteiger partial charge on any atom is -0.337 e. The number of hydrogen-bond acceptors (Lipinski definition) is 3. The number of hydrogen-bond donors (Lipinski definition) is 1. The first-order valence-corrected chi connectivity index (χ1v) is 8.57. The monoisotopic (exact) mass is 336 g/mol. The Hall–Kier alpha value is -3.53. The quantitative estimate of drug-likeness (QED) is 0.485. The fourth-order valence-corrected chi connectivity index (χ4v) is 3.19. The molecule has 5 rings (SSSR count). The van der Waals surface area contributed by atoms with Crippen molar-refractivity contribution in [3.8, 4) is 22.8 Å². The first kappa shape index (κ1) is 14.8. The lowest BCUT2D eigenvalue weighted by molar-refractivity contribution is 1.22. The number of aryl methyl sites for hydroxylation is 1. The van der Waals surface area contributed by atoms with Crippen LogP contribution in [0, 0.1) is 6.92 Å².